The van der Waals surface area contributed by atoms with Crippen molar-refractivity contribution in [3.05, 3.63) is 104 Å². The fourth-order valence-electron chi connectivity index (χ4n) is 5.18. The van der Waals surface area contributed by atoms with Crippen LogP contribution in [0.4, 0.5) is 13.2 Å². The van der Waals surface area contributed by atoms with E-state index in [2.05, 4.69) is 15.4 Å². The van der Waals surface area contributed by atoms with Gasteiger partial charge in [-0.3, -0.25) is 10.1 Å². The number of fused-ring (bicyclic) bond motifs is 1. The van der Waals surface area contributed by atoms with Crippen molar-refractivity contribution in [2.45, 2.75) is 44.1 Å². The Morgan fingerprint density at radius 3 is 2.48 bits per heavy atom. The van der Waals surface area contributed by atoms with E-state index in [1.165, 1.54) is 12.1 Å². The maximum absolute atomic E-state index is 14.5. The van der Waals surface area contributed by atoms with E-state index in [1.54, 1.807) is 48.7 Å². The molecular formula is C30H24BCl3F3N3O4. The van der Waals surface area contributed by atoms with Gasteiger partial charge in [0, 0.05) is 18.3 Å². The number of amides is 1. The molecule has 1 unspecified atom stereocenters. The van der Waals surface area contributed by atoms with Gasteiger partial charge in [-0.2, -0.15) is 13.2 Å². The summed E-state index contributed by atoms with van der Waals surface area (Å²) in [7, 11) is 6.14. The number of carbonyl (C=O) groups is 1. The summed E-state index contributed by atoms with van der Waals surface area (Å²) >= 11 is 18.0. The Morgan fingerprint density at radius 2 is 1.84 bits per heavy atom. The SMILES string of the molecule is [B]c1cc(CCNC(=O)c2ccc(C3=NOC(c4cc(Cl)c(Cl)c(Cl)c4)(C(F)(F)F)C3)n3cccc23)ccc1C(C)(C)OO. The molecular weight excluding hydrogens is 641 g/mol. The number of benzene rings is 2. The fraction of sp³-hybridized carbons (Fsp3) is 0.267. The molecule has 2 aromatic carbocycles. The van der Waals surface area contributed by atoms with E-state index in [9.17, 15) is 18.0 Å². The van der Waals surface area contributed by atoms with Gasteiger partial charge >= 0.3 is 6.18 Å². The van der Waals surface area contributed by atoms with Crippen LogP contribution < -0.4 is 10.8 Å². The van der Waals surface area contributed by atoms with Crippen LogP contribution in [0.3, 0.4) is 0 Å². The molecule has 2 aromatic heterocycles. The van der Waals surface area contributed by atoms with Crippen molar-refractivity contribution in [1.82, 2.24) is 9.72 Å². The summed E-state index contributed by atoms with van der Waals surface area (Å²) in [6.45, 7) is 3.64. The number of alkyl halides is 3. The van der Waals surface area contributed by atoms with Crippen LogP contribution in [0.15, 0.2) is 65.9 Å². The van der Waals surface area contributed by atoms with E-state index in [4.69, 9.17) is 52.7 Å². The largest absolute Gasteiger partial charge is 0.435 e. The van der Waals surface area contributed by atoms with Crippen LogP contribution >= 0.6 is 34.8 Å². The van der Waals surface area contributed by atoms with Crippen LogP contribution in [0.2, 0.25) is 15.1 Å². The van der Waals surface area contributed by atoms with E-state index >= 15 is 0 Å². The van der Waals surface area contributed by atoms with Crippen molar-refractivity contribution in [2.75, 3.05) is 6.54 Å². The number of nitrogens with zero attached hydrogens (tertiary/aromatic N) is 2. The summed E-state index contributed by atoms with van der Waals surface area (Å²) in [5, 5.41) is 15.5. The van der Waals surface area contributed by atoms with Crippen LogP contribution in [0.5, 0.6) is 0 Å². The van der Waals surface area contributed by atoms with Gasteiger partial charge in [-0.1, -0.05) is 63.6 Å². The highest BCUT2D eigenvalue weighted by molar-refractivity contribution is 6.48. The molecule has 0 aliphatic carbocycles. The number of oxime groups is 1. The number of carbonyl (C=O) groups excluding carboxylic acids is 1. The highest BCUT2D eigenvalue weighted by atomic mass is 35.5. The molecule has 1 amide bonds. The normalized spacial score (nSPS) is 17.1. The minimum atomic E-state index is -4.89. The Hall–Kier alpha value is -3.22. The van der Waals surface area contributed by atoms with Gasteiger partial charge in [0.05, 0.1) is 38.3 Å². The van der Waals surface area contributed by atoms with Gasteiger partial charge in [-0.05, 0) is 67.8 Å². The monoisotopic (exact) mass is 663 g/mol. The third-order valence-electron chi connectivity index (χ3n) is 7.56. The van der Waals surface area contributed by atoms with Crippen molar-refractivity contribution >= 4 is 65.2 Å². The van der Waals surface area contributed by atoms with Crippen LogP contribution in [0.1, 0.15) is 53.0 Å². The number of halogens is 6. The number of hydrogen-bond acceptors (Lipinski definition) is 5. The van der Waals surface area contributed by atoms with Crippen molar-refractivity contribution in [3.8, 4) is 0 Å². The molecule has 228 valence electrons. The predicted molar refractivity (Wildman–Crippen MR) is 163 cm³/mol. The standard InChI is InChI=1S/C30H24BCl3F3N3O4/c1-28(2,44-42)19-7-5-16(12-20(19)31)9-10-38-27(41)18-6-8-25(40-11-3-4-24(18)40)23-15-29(43-39-23,30(35,36)37)17-13-21(32)26(34)22(33)14-17/h3-8,11-14,42H,9-10,15H2,1-2H3,(H,38,41). The molecule has 0 saturated carbocycles. The summed E-state index contributed by atoms with van der Waals surface area (Å²) in [5.41, 5.74) is -1.16. The molecule has 5 rings (SSSR count). The van der Waals surface area contributed by atoms with E-state index in [0.29, 0.717) is 34.2 Å². The highest BCUT2D eigenvalue weighted by Gasteiger charge is 2.62. The van der Waals surface area contributed by atoms with Crippen molar-refractivity contribution in [2.24, 2.45) is 5.16 Å². The zero-order chi connectivity index (χ0) is 32.0. The number of nitrogens with one attached hydrogen (secondary N) is 1. The number of aromatic nitrogens is 1. The Labute approximate surface area is 266 Å². The lowest BCUT2D eigenvalue weighted by molar-refractivity contribution is -0.317. The third kappa shape index (κ3) is 5.79. The first-order chi connectivity index (χ1) is 20.7. The smallest absolute Gasteiger partial charge is 0.374 e. The molecule has 4 aromatic rings. The molecule has 2 radical (unpaired) electrons. The second-order valence-corrected chi connectivity index (χ2v) is 12.0. The quantitative estimate of drug-likeness (QED) is 0.0923. The maximum Gasteiger partial charge on any atom is 0.435 e. The first-order valence-electron chi connectivity index (χ1n) is 13.3. The van der Waals surface area contributed by atoms with Crippen LogP contribution in [0.25, 0.3) is 5.52 Å². The number of rotatable bonds is 8. The first kappa shape index (κ1) is 32.2. The highest BCUT2D eigenvalue weighted by Crippen LogP contribution is 2.50. The molecule has 0 saturated heterocycles. The van der Waals surface area contributed by atoms with Crippen LogP contribution in [0, 0.1) is 0 Å². The van der Waals surface area contributed by atoms with E-state index < -0.39 is 23.8 Å². The van der Waals surface area contributed by atoms with Crippen molar-refractivity contribution in [1.29, 1.82) is 0 Å². The molecule has 1 atom stereocenters. The lowest BCUT2D eigenvalue weighted by Crippen LogP contribution is -2.42. The molecule has 14 heteroatoms. The molecule has 3 heterocycles. The molecule has 7 nitrogen and oxygen atoms in total. The summed E-state index contributed by atoms with van der Waals surface area (Å²) in [5.74, 6) is -0.376. The van der Waals surface area contributed by atoms with Gasteiger partial charge in [0.15, 0.2) is 0 Å². The first-order valence-corrected chi connectivity index (χ1v) is 14.4. The average Bonchev–Trinajstić information content (AvgIpc) is 3.64. The van der Waals surface area contributed by atoms with E-state index in [0.717, 1.165) is 17.7 Å². The topological polar surface area (TPSA) is 84.6 Å². The zero-order valence-electron chi connectivity index (χ0n) is 23.3. The molecule has 1 aliphatic heterocycles. The summed E-state index contributed by atoms with van der Waals surface area (Å²) < 4.78 is 45.2. The zero-order valence-corrected chi connectivity index (χ0v) is 25.6. The van der Waals surface area contributed by atoms with Crippen molar-refractivity contribution in [3.63, 3.8) is 0 Å². The van der Waals surface area contributed by atoms with Gasteiger partial charge in [0.25, 0.3) is 11.5 Å². The molecule has 0 spiro atoms. The van der Waals surface area contributed by atoms with Gasteiger partial charge in [0.1, 0.15) is 19.2 Å². The molecule has 0 fully saturated rings. The Morgan fingerprint density at radius 1 is 1.14 bits per heavy atom. The van der Waals surface area contributed by atoms with Gasteiger partial charge in [0.2, 0.25) is 0 Å². The summed E-state index contributed by atoms with van der Waals surface area (Å²) in [6.07, 6.45) is -3.47. The summed E-state index contributed by atoms with van der Waals surface area (Å²) in [6, 6.07) is 13.8. The molecule has 0 bridgehead atoms. The Balaban J connectivity index is 1.35. The average molecular weight is 665 g/mol. The second-order valence-electron chi connectivity index (χ2n) is 10.8. The van der Waals surface area contributed by atoms with E-state index in [-0.39, 0.29) is 38.8 Å². The van der Waals surface area contributed by atoms with Gasteiger partial charge < -0.3 is 14.6 Å². The van der Waals surface area contributed by atoms with Crippen LogP contribution in [-0.2, 0) is 27.3 Å². The fourth-order valence-corrected chi connectivity index (χ4v) is 5.77. The van der Waals surface area contributed by atoms with Crippen LogP contribution in [-0.4, -0.2) is 41.8 Å². The van der Waals surface area contributed by atoms with Gasteiger partial charge in [-0.15, -0.1) is 0 Å². The lowest BCUT2D eigenvalue weighted by atomic mass is 9.82. The predicted octanol–water partition coefficient (Wildman–Crippen LogP) is 6.97. The minimum absolute atomic E-state index is 0.00786. The molecule has 44 heavy (non-hydrogen) atoms. The maximum atomic E-state index is 14.5. The number of pyridine rings is 1. The third-order valence-corrected chi connectivity index (χ3v) is 8.76. The Kier molecular flexibility index (Phi) is 8.74. The number of hydrogen-bond donors (Lipinski definition) is 2. The van der Waals surface area contributed by atoms with E-state index in [1.807, 2.05) is 6.07 Å². The minimum Gasteiger partial charge on any atom is -0.374 e. The van der Waals surface area contributed by atoms with Crippen molar-refractivity contribution < 1.29 is 32.9 Å². The Bertz CT molecular complexity index is 1770. The summed E-state index contributed by atoms with van der Waals surface area (Å²) in [4.78, 5) is 22.8. The lowest BCUT2D eigenvalue weighted by Gasteiger charge is -2.30. The molecule has 1 aliphatic rings. The van der Waals surface area contributed by atoms with Gasteiger partial charge in [-0.25, -0.2) is 4.89 Å². The second kappa shape index (κ2) is 11.9. The molecule has 2 N–H and O–H groups in total.